The number of hydrogen-bond acceptors (Lipinski definition) is 8. The number of oxazole rings is 1. The summed E-state index contributed by atoms with van der Waals surface area (Å²) in [5.74, 6) is 0.863. The van der Waals surface area contributed by atoms with Gasteiger partial charge in [-0.1, -0.05) is 12.1 Å². The molecule has 0 amide bonds. The van der Waals surface area contributed by atoms with E-state index in [1.807, 2.05) is 0 Å². The number of phenols is 1. The largest absolute Gasteiger partial charge is 0.508 e. The Labute approximate surface area is 229 Å². The summed E-state index contributed by atoms with van der Waals surface area (Å²) in [6.45, 7) is 3.29. The second-order valence-electron chi connectivity index (χ2n) is 11.9. The van der Waals surface area contributed by atoms with Gasteiger partial charge in [0.05, 0.1) is 11.1 Å². The maximum Gasteiger partial charge on any atom is 0.228 e. The van der Waals surface area contributed by atoms with Crippen molar-refractivity contribution in [3.05, 3.63) is 42.2 Å². The molecule has 4 aromatic rings. The molecular formula is C30H31F2N5O3. The first-order valence-corrected chi connectivity index (χ1v) is 14.2. The van der Waals surface area contributed by atoms with Crippen LogP contribution in [0.15, 0.2) is 40.8 Å². The third-order valence-electron chi connectivity index (χ3n) is 9.24. The van der Waals surface area contributed by atoms with Crippen molar-refractivity contribution >= 4 is 27.7 Å². The number of aromatic nitrogens is 2. The van der Waals surface area contributed by atoms with E-state index in [0.717, 1.165) is 45.3 Å². The maximum absolute atomic E-state index is 15.0. The summed E-state index contributed by atoms with van der Waals surface area (Å²) in [7, 11) is 0. The summed E-state index contributed by atoms with van der Waals surface area (Å²) in [5.41, 5.74) is 1.12. The van der Waals surface area contributed by atoms with E-state index in [2.05, 4.69) is 15.1 Å². The molecule has 3 unspecified atom stereocenters. The molecule has 2 aromatic carbocycles. The van der Waals surface area contributed by atoms with Gasteiger partial charge in [0.1, 0.15) is 24.3 Å². The second kappa shape index (κ2) is 9.01. The van der Waals surface area contributed by atoms with Gasteiger partial charge < -0.3 is 24.5 Å². The van der Waals surface area contributed by atoms with Crippen molar-refractivity contribution in [3.63, 3.8) is 0 Å². The molecule has 2 bridgehead atoms. The van der Waals surface area contributed by atoms with Crippen LogP contribution in [0.2, 0.25) is 0 Å². The lowest BCUT2D eigenvalue weighted by molar-refractivity contribution is 0.110. The smallest absolute Gasteiger partial charge is 0.228 e. The number of fused-ring (bicyclic) bond motifs is 5. The number of ether oxygens (including phenoxy) is 1. The summed E-state index contributed by atoms with van der Waals surface area (Å²) in [5, 5.41) is 14.9. The van der Waals surface area contributed by atoms with E-state index < -0.39 is 12.0 Å². The minimum absolute atomic E-state index is 0.000452. The highest BCUT2D eigenvalue weighted by atomic mass is 19.1. The van der Waals surface area contributed by atoms with Crippen LogP contribution in [-0.2, 0) is 0 Å². The van der Waals surface area contributed by atoms with Crippen molar-refractivity contribution in [1.82, 2.24) is 20.2 Å². The van der Waals surface area contributed by atoms with E-state index in [1.54, 1.807) is 18.2 Å². The Bertz CT molecular complexity index is 1620. The third-order valence-corrected chi connectivity index (χ3v) is 9.24. The van der Waals surface area contributed by atoms with E-state index >= 15 is 0 Å². The van der Waals surface area contributed by atoms with Gasteiger partial charge >= 0.3 is 0 Å². The average molecular weight is 548 g/mol. The van der Waals surface area contributed by atoms with Crippen LogP contribution in [0.1, 0.15) is 32.1 Å². The maximum atomic E-state index is 15.0. The number of halogens is 2. The number of nitrogens with one attached hydrogen (secondary N) is 1. The highest BCUT2D eigenvalue weighted by Gasteiger charge is 2.49. The lowest BCUT2D eigenvalue weighted by Crippen LogP contribution is -2.51. The standard InChI is InChI=1S/C30H31F2N5O3/c31-18-12-30(7-2-8-37(30)13-18)16-39-25-11-24-27(28(34-25)36-14-19-5-6-20(15-36)33-19)35-29(40-24)22-10-21(38)9-17-3-1-4-23(32)26(17)22/h1,3-4,9-11,18-20,33,38H,2,5-8,12-16H2/t18?,19?,20?,30-/m0/s1. The molecule has 0 aliphatic carbocycles. The molecule has 4 fully saturated rings. The molecule has 2 N–H and O–H groups in total. The number of pyridine rings is 1. The molecule has 40 heavy (non-hydrogen) atoms. The van der Waals surface area contributed by atoms with Gasteiger partial charge in [0.2, 0.25) is 11.8 Å². The predicted octanol–water partition coefficient (Wildman–Crippen LogP) is 4.78. The minimum Gasteiger partial charge on any atom is -0.508 e. The molecule has 208 valence electrons. The number of hydrogen-bond donors (Lipinski definition) is 2. The first-order valence-electron chi connectivity index (χ1n) is 14.2. The van der Waals surface area contributed by atoms with Crippen molar-refractivity contribution in [3.8, 4) is 23.1 Å². The minimum atomic E-state index is -0.833. The van der Waals surface area contributed by atoms with Crippen LogP contribution in [0, 0.1) is 5.82 Å². The molecule has 10 heteroatoms. The number of nitrogens with zero attached hydrogens (tertiary/aromatic N) is 4. The molecule has 8 nitrogen and oxygen atoms in total. The first kappa shape index (κ1) is 24.3. The van der Waals surface area contributed by atoms with Crippen molar-refractivity contribution < 1.29 is 23.0 Å². The Morgan fingerprint density at radius 3 is 2.83 bits per heavy atom. The normalized spacial score (nSPS) is 28.1. The fourth-order valence-corrected chi connectivity index (χ4v) is 7.46. The Hall–Kier alpha value is -3.50. The van der Waals surface area contributed by atoms with Crippen LogP contribution in [0.4, 0.5) is 14.6 Å². The Kier molecular flexibility index (Phi) is 5.47. The van der Waals surface area contributed by atoms with Crippen molar-refractivity contribution in [2.45, 2.75) is 55.9 Å². The molecule has 0 spiro atoms. The van der Waals surface area contributed by atoms with E-state index in [9.17, 15) is 13.9 Å². The van der Waals surface area contributed by atoms with Gasteiger partial charge in [-0.25, -0.2) is 13.8 Å². The van der Waals surface area contributed by atoms with Crippen LogP contribution >= 0.6 is 0 Å². The van der Waals surface area contributed by atoms with Gasteiger partial charge in [-0.05, 0) is 55.8 Å². The molecular weight excluding hydrogens is 516 g/mol. The molecule has 4 aliphatic rings. The number of benzene rings is 2. The van der Waals surface area contributed by atoms with Crippen molar-refractivity contribution in [2.24, 2.45) is 0 Å². The van der Waals surface area contributed by atoms with Gasteiger partial charge in [0.15, 0.2) is 16.9 Å². The number of rotatable bonds is 5. The van der Waals surface area contributed by atoms with Crippen LogP contribution in [0.3, 0.4) is 0 Å². The molecule has 4 atom stereocenters. The number of phenolic OH excluding ortho intramolecular Hbond substituents is 1. The average Bonchev–Trinajstić information content (AvgIpc) is 3.68. The molecule has 4 saturated heterocycles. The fraction of sp³-hybridized carbons (Fsp3) is 0.467. The summed E-state index contributed by atoms with van der Waals surface area (Å²) < 4.78 is 41.9. The third kappa shape index (κ3) is 3.91. The lowest BCUT2D eigenvalue weighted by atomic mass is 9.95. The Balaban J connectivity index is 1.22. The zero-order valence-corrected chi connectivity index (χ0v) is 22.1. The van der Waals surface area contributed by atoms with Gasteiger partial charge in [-0.15, -0.1) is 0 Å². The van der Waals surface area contributed by atoms with Crippen LogP contribution in [0.5, 0.6) is 11.6 Å². The van der Waals surface area contributed by atoms with E-state index in [-0.39, 0.29) is 17.2 Å². The lowest BCUT2D eigenvalue weighted by Gasteiger charge is -2.34. The SMILES string of the molecule is Oc1cc(-c2nc3c(N4CC5CCC(C4)N5)nc(OC[C@@]45CCCN4CC(F)C5)cc3o2)c2c(F)cccc2c1. The molecule has 0 radical (unpaired) electrons. The van der Waals surface area contributed by atoms with E-state index in [4.69, 9.17) is 19.1 Å². The molecule has 8 rings (SSSR count). The second-order valence-corrected chi connectivity index (χ2v) is 11.9. The van der Waals surface area contributed by atoms with Crippen molar-refractivity contribution in [2.75, 3.05) is 37.7 Å². The molecule has 2 aromatic heterocycles. The van der Waals surface area contributed by atoms with Gasteiger partial charge in [-0.3, -0.25) is 4.90 Å². The van der Waals surface area contributed by atoms with E-state index in [1.165, 1.54) is 18.2 Å². The Morgan fingerprint density at radius 1 is 1.12 bits per heavy atom. The summed E-state index contributed by atoms with van der Waals surface area (Å²) in [6, 6.07) is 10.2. The number of alkyl halides is 1. The van der Waals surface area contributed by atoms with Crippen LogP contribution in [0.25, 0.3) is 33.3 Å². The summed E-state index contributed by atoms with van der Waals surface area (Å²) in [6.07, 6.45) is 3.82. The van der Waals surface area contributed by atoms with Crippen molar-refractivity contribution in [1.29, 1.82) is 0 Å². The fourth-order valence-electron chi connectivity index (χ4n) is 7.46. The molecule has 0 saturated carbocycles. The van der Waals surface area contributed by atoms with Gasteiger partial charge in [-0.2, -0.15) is 4.98 Å². The molecule has 4 aliphatic heterocycles. The predicted molar refractivity (Wildman–Crippen MR) is 147 cm³/mol. The van der Waals surface area contributed by atoms with Gasteiger partial charge in [0.25, 0.3) is 0 Å². The van der Waals surface area contributed by atoms with Crippen LogP contribution in [-0.4, -0.2) is 76.6 Å². The highest BCUT2D eigenvalue weighted by molar-refractivity contribution is 5.98. The monoisotopic (exact) mass is 547 g/mol. The zero-order valence-electron chi connectivity index (χ0n) is 22.1. The first-order chi connectivity index (χ1) is 19.4. The quantitative estimate of drug-likeness (QED) is 0.369. The number of aromatic hydroxyl groups is 1. The highest BCUT2D eigenvalue weighted by Crippen LogP contribution is 2.42. The van der Waals surface area contributed by atoms with E-state index in [0.29, 0.717) is 70.8 Å². The summed E-state index contributed by atoms with van der Waals surface area (Å²) >= 11 is 0. The number of anilines is 1. The number of piperazine rings is 1. The zero-order chi connectivity index (χ0) is 27.0. The topological polar surface area (TPSA) is 86.9 Å². The molecule has 6 heterocycles. The van der Waals surface area contributed by atoms with Gasteiger partial charge in [0, 0.05) is 49.6 Å². The Morgan fingerprint density at radius 2 is 1.98 bits per heavy atom. The van der Waals surface area contributed by atoms with Crippen LogP contribution < -0.4 is 15.0 Å². The summed E-state index contributed by atoms with van der Waals surface area (Å²) in [4.78, 5) is 14.2.